The van der Waals surface area contributed by atoms with Crippen molar-refractivity contribution < 1.29 is 9.21 Å². The van der Waals surface area contributed by atoms with Gasteiger partial charge in [-0.15, -0.1) is 0 Å². The Morgan fingerprint density at radius 1 is 1.19 bits per heavy atom. The van der Waals surface area contributed by atoms with Crippen LogP contribution in [-0.2, 0) is 11.8 Å². The van der Waals surface area contributed by atoms with Gasteiger partial charge in [0, 0.05) is 23.9 Å². The monoisotopic (exact) mass is 295 g/mol. The smallest absolute Gasteiger partial charge is 0.315 e. The number of hydrogen-bond donors (Lipinski definition) is 2. The molecule has 0 radical (unpaired) electrons. The number of hydrogen-bond acceptors (Lipinski definition) is 3. The molecule has 1 heterocycles. The Kier molecular flexibility index (Phi) is 5.42. The number of nitrogens with zero attached hydrogens (tertiary/aromatic N) is 1. The summed E-state index contributed by atoms with van der Waals surface area (Å²) in [7, 11) is 0. The Morgan fingerprint density at radius 2 is 1.81 bits per heavy atom. The maximum Gasteiger partial charge on any atom is 0.315 e. The lowest BCUT2D eigenvalue weighted by Gasteiger charge is -2.20. The molecule has 0 aliphatic heterocycles. The highest BCUT2D eigenvalue weighted by Gasteiger charge is 2.22. The molecule has 2 N–H and O–H groups in total. The van der Waals surface area contributed by atoms with E-state index in [0.717, 1.165) is 30.2 Å². The highest BCUT2D eigenvalue weighted by atomic mass is 16.4. The van der Waals surface area contributed by atoms with Gasteiger partial charge in [0.05, 0.1) is 5.69 Å². The SMILES string of the molecule is Cc1nc(C(C)(C)C)oc1CCCNC(=O)NC(C)(C)C. The summed E-state index contributed by atoms with van der Waals surface area (Å²) in [6.07, 6.45) is 1.61. The van der Waals surface area contributed by atoms with Crippen LogP contribution in [0.1, 0.15) is 65.3 Å². The minimum absolute atomic E-state index is 0.0755. The normalized spacial score (nSPS) is 12.3. The van der Waals surface area contributed by atoms with Crippen LogP contribution in [0.3, 0.4) is 0 Å². The number of aryl methyl sites for hydroxylation is 2. The third kappa shape index (κ3) is 6.19. The Hall–Kier alpha value is -1.52. The van der Waals surface area contributed by atoms with E-state index in [1.807, 2.05) is 27.7 Å². The van der Waals surface area contributed by atoms with Gasteiger partial charge in [0.2, 0.25) is 0 Å². The van der Waals surface area contributed by atoms with Crippen molar-refractivity contribution in [3.63, 3.8) is 0 Å². The summed E-state index contributed by atoms with van der Waals surface area (Å²) in [4.78, 5) is 16.1. The lowest BCUT2D eigenvalue weighted by molar-refractivity contribution is 0.232. The topological polar surface area (TPSA) is 67.2 Å². The van der Waals surface area contributed by atoms with Crippen LogP contribution < -0.4 is 10.6 Å². The number of carbonyl (C=O) groups excluding carboxylic acids is 1. The zero-order valence-corrected chi connectivity index (χ0v) is 14.4. The summed E-state index contributed by atoms with van der Waals surface area (Å²) < 4.78 is 5.83. The van der Waals surface area contributed by atoms with Crippen molar-refractivity contribution in [2.45, 2.75) is 72.3 Å². The number of aromatic nitrogens is 1. The summed E-state index contributed by atoms with van der Waals surface area (Å²) in [5, 5.41) is 5.72. The molecule has 0 aliphatic carbocycles. The minimum atomic E-state index is -0.215. The molecule has 0 spiro atoms. The number of amides is 2. The van der Waals surface area contributed by atoms with Gasteiger partial charge in [-0.2, -0.15) is 0 Å². The molecule has 0 aromatic carbocycles. The molecule has 1 rings (SSSR count). The van der Waals surface area contributed by atoms with E-state index < -0.39 is 0 Å². The average molecular weight is 295 g/mol. The van der Waals surface area contributed by atoms with Gasteiger partial charge < -0.3 is 15.1 Å². The van der Waals surface area contributed by atoms with Crippen molar-refractivity contribution >= 4 is 6.03 Å². The fourth-order valence-corrected chi connectivity index (χ4v) is 1.82. The van der Waals surface area contributed by atoms with E-state index in [0.29, 0.717) is 6.54 Å². The van der Waals surface area contributed by atoms with Gasteiger partial charge in [0.15, 0.2) is 5.89 Å². The van der Waals surface area contributed by atoms with E-state index >= 15 is 0 Å². The number of oxazole rings is 1. The van der Waals surface area contributed by atoms with Crippen molar-refractivity contribution in [3.8, 4) is 0 Å². The first-order valence-corrected chi connectivity index (χ1v) is 7.52. The van der Waals surface area contributed by atoms with Crippen LogP contribution >= 0.6 is 0 Å². The third-order valence-electron chi connectivity index (χ3n) is 2.89. The van der Waals surface area contributed by atoms with Crippen LogP contribution in [0.15, 0.2) is 4.42 Å². The van der Waals surface area contributed by atoms with E-state index in [1.54, 1.807) is 0 Å². The van der Waals surface area contributed by atoms with Crippen LogP contribution in [0.25, 0.3) is 0 Å². The van der Waals surface area contributed by atoms with Gasteiger partial charge in [-0.05, 0) is 34.1 Å². The molecule has 0 fully saturated rings. The van der Waals surface area contributed by atoms with Gasteiger partial charge in [0.1, 0.15) is 5.76 Å². The predicted octanol–water partition coefficient (Wildman–Crippen LogP) is 3.31. The molecule has 0 aliphatic rings. The van der Waals surface area contributed by atoms with E-state index in [4.69, 9.17) is 4.42 Å². The Balaban J connectivity index is 2.40. The average Bonchev–Trinajstić information content (AvgIpc) is 2.64. The maximum atomic E-state index is 11.6. The molecule has 21 heavy (non-hydrogen) atoms. The highest BCUT2D eigenvalue weighted by Crippen LogP contribution is 2.24. The molecule has 0 unspecified atom stereocenters. The van der Waals surface area contributed by atoms with Crippen LogP contribution in [-0.4, -0.2) is 23.1 Å². The predicted molar refractivity (Wildman–Crippen MR) is 84.5 cm³/mol. The zero-order valence-electron chi connectivity index (χ0n) is 14.4. The second kappa shape index (κ2) is 6.50. The Bertz CT molecular complexity index is 479. The molecule has 5 heteroatoms. The van der Waals surface area contributed by atoms with Crippen molar-refractivity contribution in [1.82, 2.24) is 15.6 Å². The van der Waals surface area contributed by atoms with Crippen molar-refractivity contribution in [2.75, 3.05) is 6.54 Å². The molecule has 2 amide bonds. The second-order valence-corrected chi connectivity index (χ2v) is 7.51. The Morgan fingerprint density at radius 3 is 2.29 bits per heavy atom. The number of carbonyl (C=O) groups is 1. The first kappa shape index (κ1) is 17.5. The summed E-state index contributed by atoms with van der Waals surface area (Å²) in [6.45, 7) is 14.7. The quantitative estimate of drug-likeness (QED) is 0.837. The van der Waals surface area contributed by atoms with Crippen LogP contribution in [0, 0.1) is 6.92 Å². The van der Waals surface area contributed by atoms with E-state index in [-0.39, 0.29) is 17.0 Å². The molecular weight excluding hydrogens is 266 g/mol. The van der Waals surface area contributed by atoms with Crippen LogP contribution in [0.5, 0.6) is 0 Å². The third-order valence-corrected chi connectivity index (χ3v) is 2.89. The fourth-order valence-electron chi connectivity index (χ4n) is 1.82. The number of rotatable bonds is 4. The van der Waals surface area contributed by atoms with Gasteiger partial charge >= 0.3 is 6.03 Å². The summed E-state index contributed by atoms with van der Waals surface area (Å²) in [6, 6.07) is -0.132. The molecule has 5 nitrogen and oxygen atoms in total. The van der Waals surface area contributed by atoms with Gasteiger partial charge in [-0.25, -0.2) is 9.78 Å². The standard InChI is InChI=1S/C16H29N3O2/c1-11-12(21-13(18-11)15(2,3)4)9-8-10-17-14(20)19-16(5,6)7/h8-10H2,1-7H3,(H2,17,19,20). The number of urea groups is 1. The second-order valence-electron chi connectivity index (χ2n) is 7.51. The molecular formula is C16H29N3O2. The largest absolute Gasteiger partial charge is 0.445 e. The molecule has 1 aromatic rings. The van der Waals surface area contributed by atoms with Crippen molar-refractivity contribution in [2.24, 2.45) is 0 Å². The summed E-state index contributed by atoms with van der Waals surface area (Å²) >= 11 is 0. The van der Waals surface area contributed by atoms with Gasteiger partial charge in [-0.3, -0.25) is 0 Å². The molecule has 0 saturated carbocycles. The first-order valence-electron chi connectivity index (χ1n) is 7.52. The first-order chi connectivity index (χ1) is 9.49. The highest BCUT2D eigenvalue weighted by molar-refractivity contribution is 5.74. The fraction of sp³-hybridized carbons (Fsp3) is 0.750. The number of nitrogens with one attached hydrogen (secondary N) is 2. The van der Waals surface area contributed by atoms with Gasteiger partial charge in [-0.1, -0.05) is 20.8 Å². The van der Waals surface area contributed by atoms with E-state index in [2.05, 4.69) is 36.4 Å². The van der Waals surface area contributed by atoms with E-state index in [1.165, 1.54) is 0 Å². The van der Waals surface area contributed by atoms with Gasteiger partial charge in [0.25, 0.3) is 0 Å². The molecule has 0 saturated heterocycles. The molecule has 0 bridgehead atoms. The van der Waals surface area contributed by atoms with E-state index in [9.17, 15) is 4.79 Å². The van der Waals surface area contributed by atoms with Crippen LogP contribution in [0.4, 0.5) is 4.79 Å². The molecule has 1 aromatic heterocycles. The maximum absolute atomic E-state index is 11.6. The molecule has 120 valence electrons. The lowest BCUT2D eigenvalue weighted by atomic mass is 9.97. The van der Waals surface area contributed by atoms with Crippen molar-refractivity contribution in [1.29, 1.82) is 0 Å². The summed E-state index contributed by atoms with van der Waals surface area (Å²) in [5.74, 6) is 1.69. The zero-order chi connectivity index (χ0) is 16.3. The summed E-state index contributed by atoms with van der Waals surface area (Å²) in [5.41, 5.74) is 0.653. The van der Waals surface area contributed by atoms with Crippen LogP contribution in [0.2, 0.25) is 0 Å². The lowest BCUT2D eigenvalue weighted by Crippen LogP contribution is -2.46. The molecule has 0 atom stereocenters. The Labute approximate surface area is 127 Å². The van der Waals surface area contributed by atoms with Crippen molar-refractivity contribution in [3.05, 3.63) is 17.3 Å². The minimum Gasteiger partial charge on any atom is -0.445 e.